The van der Waals surface area contributed by atoms with Crippen molar-refractivity contribution in [3.05, 3.63) is 293 Å². The smallest absolute Gasteiger partial charge is 0.0714 e. The van der Waals surface area contributed by atoms with E-state index in [1.54, 1.807) is 0 Å². The topological polar surface area (TPSA) is 19.0 Å². The molecule has 2 heteroatoms. The van der Waals surface area contributed by atoms with Gasteiger partial charge in [0.15, 0.2) is 0 Å². The van der Waals surface area contributed by atoms with Crippen LogP contribution in [-0.4, -0.2) is 4.98 Å². The summed E-state index contributed by atoms with van der Waals surface area (Å²) in [5.41, 5.74) is 22.1. The molecule has 1 heterocycles. The van der Waals surface area contributed by atoms with Crippen molar-refractivity contribution < 1.29 is 0 Å². The van der Waals surface area contributed by atoms with Crippen molar-refractivity contribution in [3.63, 3.8) is 0 Å². The summed E-state index contributed by atoms with van der Waals surface area (Å²) >= 11 is 0. The number of allylic oxidation sites excluding steroid dienone is 1. The van der Waals surface area contributed by atoms with Gasteiger partial charge in [-0.05, 0) is 115 Å². The lowest BCUT2D eigenvalue weighted by atomic mass is 9.67. The lowest BCUT2D eigenvalue weighted by Crippen LogP contribution is -2.29. The van der Waals surface area contributed by atoms with Crippen molar-refractivity contribution in [1.29, 1.82) is 0 Å². The van der Waals surface area contributed by atoms with Crippen molar-refractivity contribution in [3.8, 4) is 33.4 Å². The first-order chi connectivity index (χ1) is 33.7. The van der Waals surface area contributed by atoms with Gasteiger partial charge in [-0.25, -0.2) is 0 Å². The average molecular weight is 869 g/mol. The van der Waals surface area contributed by atoms with E-state index in [1.165, 1.54) is 94.2 Å². The fourth-order valence-electron chi connectivity index (χ4n) is 11.4. The van der Waals surface area contributed by atoms with Crippen LogP contribution in [-0.2, 0) is 18.4 Å². The lowest BCUT2D eigenvalue weighted by molar-refractivity contribution is 0.767. The molecule has 0 spiro atoms. The molecule has 0 fully saturated rings. The summed E-state index contributed by atoms with van der Waals surface area (Å²) in [6.45, 7) is 0.704. The van der Waals surface area contributed by atoms with Crippen LogP contribution in [0.3, 0.4) is 0 Å². The van der Waals surface area contributed by atoms with Crippen LogP contribution in [0.4, 0.5) is 11.4 Å². The second kappa shape index (κ2) is 16.5. The molecule has 1 N–H and O–H groups in total. The monoisotopic (exact) mass is 868 g/mol. The van der Waals surface area contributed by atoms with Gasteiger partial charge in [-0.2, -0.15) is 0 Å². The first kappa shape index (κ1) is 39.9. The number of H-pyrrole nitrogens is 1. The first-order valence-corrected chi connectivity index (χ1v) is 23.9. The molecular weight excluding hydrogens is 821 g/mol. The van der Waals surface area contributed by atoms with Crippen molar-refractivity contribution in [2.24, 2.45) is 0 Å². The molecule has 1 atom stereocenters. The van der Waals surface area contributed by atoms with Crippen molar-refractivity contribution in [2.45, 2.75) is 24.3 Å². The predicted octanol–water partition coefficient (Wildman–Crippen LogP) is 16.7. The summed E-state index contributed by atoms with van der Waals surface area (Å²) in [6, 6.07) is 89.7. The number of fused-ring (bicyclic) bond motifs is 8. The van der Waals surface area contributed by atoms with Gasteiger partial charge in [0, 0.05) is 45.7 Å². The molecule has 0 aliphatic heterocycles. The van der Waals surface area contributed by atoms with Gasteiger partial charge in [0.05, 0.1) is 10.9 Å². The first-order valence-electron chi connectivity index (χ1n) is 23.9. The summed E-state index contributed by atoms with van der Waals surface area (Å²) in [4.78, 5) is 6.30. The van der Waals surface area contributed by atoms with Crippen LogP contribution in [0, 0.1) is 0 Å². The summed E-state index contributed by atoms with van der Waals surface area (Å²) in [5, 5.41) is 2.52. The fourth-order valence-corrected chi connectivity index (χ4v) is 11.4. The highest BCUT2D eigenvalue weighted by atomic mass is 15.1. The van der Waals surface area contributed by atoms with Crippen LogP contribution >= 0.6 is 0 Å². The lowest BCUT2D eigenvalue weighted by Gasteiger charge is -2.35. The molecule has 10 aromatic carbocycles. The Morgan fingerprint density at radius 1 is 0.456 bits per heavy atom. The quantitative estimate of drug-likeness (QED) is 0.153. The maximum absolute atomic E-state index is 3.81. The number of anilines is 2. The van der Waals surface area contributed by atoms with E-state index in [4.69, 9.17) is 0 Å². The minimum Gasteiger partial charge on any atom is -0.354 e. The largest absolute Gasteiger partial charge is 0.354 e. The molecule has 1 aromatic heterocycles. The normalized spacial score (nSPS) is 14.4. The molecule has 0 bridgehead atoms. The van der Waals surface area contributed by atoms with E-state index in [9.17, 15) is 0 Å². The predicted molar refractivity (Wildman–Crippen MR) is 285 cm³/mol. The zero-order valence-corrected chi connectivity index (χ0v) is 37.7. The zero-order chi connectivity index (χ0) is 45.0. The molecule has 2 nitrogen and oxygen atoms in total. The molecular formula is C66H48N2. The molecule has 0 saturated heterocycles. The minimum absolute atomic E-state index is 0.396. The molecule has 68 heavy (non-hydrogen) atoms. The Kier molecular flexibility index (Phi) is 9.65. The molecule has 1 unspecified atom stereocenters. The Bertz CT molecular complexity index is 3610. The van der Waals surface area contributed by atoms with E-state index >= 15 is 0 Å². The number of rotatable bonds is 9. The van der Waals surface area contributed by atoms with Crippen molar-refractivity contribution in [1.82, 2.24) is 4.98 Å². The van der Waals surface area contributed by atoms with Crippen molar-refractivity contribution in [2.75, 3.05) is 4.90 Å². The van der Waals surface area contributed by atoms with Crippen LogP contribution in [0.5, 0.6) is 0 Å². The summed E-state index contributed by atoms with van der Waals surface area (Å²) < 4.78 is 0. The van der Waals surface area contributed by atoms with Gasteiger partial charge in [-0.3, -0.25) is 0 Å². The van der Waals surface area contributed by atoms with Crippen LogP contribution in [0.2, 0.25) is 0 Å². The molecule has 13 rings (SSSR count). The van der Waals surface area contributed by atoms with Gasteiger partial charge in [-0.15, -0.1) is 0 Å². The van der Waals surface area contributed by atoms with Gasteiger partial charge in [0.1, 0.15) is 0 Å². The van der Waals surface area contributed by atoms with E-state index in [2.05, 4.69) is 265 Å². The van der Waals surface area contributed by atoms with E-state index in [1.807, 2.05) is 0 Å². The Labute approximate surface area is 398 Å². The second-order valence-electron chi connectivity index (χ2n) is 18.5. The highest BCUT2D eigenvalue weighted by Gasteiger charge is 2.46. The summed E-state index contributed by atoms with van der Waals surface area (Å²) in [7, 11) is 0. The second-order valence-corrected chi connectivity index (χ2v) is 18.5. The third-order valence-electron chi connectivity index (χ3n) is 14.7. The number of hydrogen-bond acceptors (Lipinski definition) is 1. The number of benzene rings is 10. The maximum atomic E-state index is 3.81. The van der Waals surface area contributed by atoms with E-state index in [0.29, 0.717) is 12.5 Å². The molecule has 2 aliphatic carbocycles. The number of nitrogens with zero attached hydrogens (tertiary/aromatic N) is 1. The van der Waals surface area contributed by atoms with E-state index in [-0.39, 0.29) is 0 Å². The summed E-state index contributed by atoms with van der Waals surface area (Å²) in [5.74, 6) is 0.396. The average Bonchev–Trinajstić information content (AvgIpc) is 3.95. The molecule has 0 amide bonds. The van der Waals surface area contributed by atoms with E-state index < -0.39 is 5.41 Å². The SMILES string of the molecule is C1=CC(c2ccccc2)Cc2ccc3c([nH]c4ccc(-c5ccc(N(Cc6ccc(-c7ccccc7)cc6)c6ccc7c(c6)C(c6ccccc6)(c6ccccc6)c6ccccc6-7)cc5)cc43)c21. The van der Waals surface area contributed by atoms with Gasteiger partial charge < -0.3 is 9.88 Å². The van der Waals surface area contributed by atoms with Gasteiger partial charge in [0.2, 0.25) is 0 Å². The third kappa shape index (κ3) is 6.63. The van der Waals surface area contributed by atoms with Crippen LogP contribution < -0.4 is 4.90 Å². The number of hydrogen-bond donors (Lipinski definition) is 1. The van der Waals surface area contributed by atoms with E-state index in [0.717, 1.165) is 23.3 Å². The van der Waals surface area contributed by atoms with Gasteiger partial charge >= 0.3 is 0 Å². The molecule has 2 aliphatic rings. The fraction of sp³-hybridized carbons (Fsp3) is 0.0606. The Morgan fingerprint density at radius 3 is 1.78 bits per heavy atom. The Hall–Kier alpha value is -8.46. The standard InChI is InChI=1S/C66H48N2/c1-5-15-46(16-6-1)48-27-25-45(26-28-48)44-68(56-36-39-59-58-23-13-14-24-62(58)66(63(59)43-56,53-19-9-3-10-20-53)54-21-11-4-12-22-54)55-34-29-49(30-35-55)51-33-40-64-61(42-51)60-38-32-52-41-50(47-17-7-2-8-18-47)31-37-57(52)65(60)67-64/h1-40,42-43,50,67H,41,44H2. The van der Waals surface area contributed by atoms with Crippen LogP contribution in [0.15, 0.2) is 249 Å². The number of nitrogens with one attached hydrogen (secondary N) is 1. The molecule has 0 saturated carbocycles. The highest BCUT2D eigenvalue weighted by Crippen LogP contribution is 2.57. The van der Waals surface area contributed by atoms with Gasteiger partial charge in [-0.1, -0.05) is 218 Å². The van der Waals surface area contributed by atoms with Gasteiger partial charge in [0.25, 0.3) is 0 Å². The number of aromatic amines is 1. The molecule has 0 radical (unpaired) electrons. The highest BCUT2D eigenvalue weighted by molar-refractivity contribution is 6.11. The minimum atomic E-state index is -0.488. The zero-order valence-electron chi connectivity index (χ0n) is 37.7. The summed E-state index contributed by atoms with van der Waals surface area (Å²) in [6.07, 6.45) is 5.72. The Morgan fingerprint density at radius 2 is 1.04 bits per heavy atom. The Balaban J connectivity index is 0.899. The molecule has 11 aromatic rings. The third-order valence-corrected chi connectivity index (χ3v) is 14.7. The molecule has 322 valence electrons. The number of aromatic nitrogens is 1. The van der Waals surface area contributed by atoms with Crippen molar-refractivity contribution >= 4 is 39.3 Å². The van der Waals surface area contributed by atoms with Crippen LogP contribution in [0.25, 0.3) is 61.3 Å². The van der Waals surface area contributed by atoms with Crippen LogP contribution in [0.1, 0.15) is 50.4 Å². The maximum Gasteiger partial charge on any atom is 0.0714 e.